The van der Waals surface area contributed by atoms with Gasteiger partial charge in [0.15, 0.2) is 5.82 Å². The molecule has 2 aromatic heterocycles. The molecule has 37 heavy (non-hydrogen) atoms. The Bertz CT molecular complexity index is 1580. The lowest BCUT2D eigenvalue weighted by Gasteiger charge is -2.20. The number of halogens is 1. The zero-order valence-electron chi connectivity index (χ0n) is 19.9. The van der Waals surface area contributed by atoms with Crippen LogP contribution in [0.2, 0.25) is 0 Å². The van der Waals surface area contributed by atoms with Crippen molar-refractivity contribution in [2.45, 2.75) is 19.4 Å². The second-order valence-corrected chi connectivity index (χ2v) is 11.6. The number of anilines is 2. The number of ether oxygens (including phenoxy) is 1. The lowest BCUT2D eigenvalue weighted by atomic mass is 10.0. The Morgan fingerprint density at radius 3 is 2.68 bits per heavy atom. The lowest BCUT2D eigenvalue weighted by Crippen LogP contribution is -2.25. The molecule has 2 aromatic carbocycles. The van der Waals surface area contributed by atoms with Gasteiger partial charge in [-0.15, -0.1) is 0 Å². The van der Waals surface area contributed by atoms with Crippen LogP contribution in [0.25, 0.3) is 22.3 Å². The Kier molecular flexibility index (Phi) is 6.50. The van der Waals surface area contributed by atoms with Crippen molar-refractivity contribution in [2.24, 2.45) is 5.92 Å². The molecule has 2 N–H and O–H groups in total. The summed E-state index contributed by atoms with van der Waals surface area (Å²) in [7, 11) is -2.34. The normalized spacial score (nSPS) is 13.6. The number of carboxylic acids is 1. The molecular weight excluding hydrogens is 523 g/mol. The maximum absolute atomic E-state index is 13.4. The number of nitrogens with one attached hydrogen (secondary N) is 1. The number of rotatable bonds is 10. The highest BCUT2D eigenvalue weighted by molar-refractivity contribution is 7.92. The van der Waals surface area contributed by atoms with Gasteiger partial charge < -0.3 is 19.6 Å². The summed E-state index contributed by atoms with van der Waals surface area (Å²) >= 11 is 1.20. The Morgan fingerprint density at radius 1 is 1.30 bits per heavy atom. The van der Waals surface area contributed by atoms with Gasteiger partial charge in [-0.1, -0.05) is 0 Å². The lowest BCUT2D eigenvalue weighted by molar-refractivity contribution is 0.0699. The Labute approximate surface area is 215 Å². The van der Waals surface area contributed by atoms with Gasteiger partial charge in [0.05, 0.1) is 11.9 Å². The van der Waals surface area contributed by atoms with Gasteiger partial charge in [0.2, 0.25) is 15.2 Å². The van der Waals surface area contributed by atoms with Crippen molar-refractivity contribution in [3.8, 4) is 17.1 Å². The van der Waals surface area contributed by atoms with Crippen LogP contribution in [0, 0.1) is 11.7 Å². The van der Waals surface area contributed by atoms with Crippen molar-refractivity contribution in [2.75, 3.05) is 29.5 Å². The summed E-state index contributed by atoms with van der Waals surface area (Å²) in [6, 6.07) is 8.03. The van der Waals surface area contributed by atoms with E-state index in [0.717, 1.165) is 17.1 Å². The second kappa shape index (κ2) is 9.63. The smallest absolute Gasteiger partial charge is 0.340 e. The number of benzene rings is 2. The molecule has 10 nitrogen and oxygen atoms in total. The van der Waals surface area contributed by atoms with Crippen LogP contribution in [0.3, 0.4) is 0 Å². The quantitative estimate of drug-likeness (QED) is 0.293. The van der Waals surface area contributed by atoms with E-state index in [1.807, 2.05) is 0 Å². The first-order valence-electron chi connectivity index (χ1n) is 11.3. The van der Waals surface area contributed by atoms with Crippen molar-refractivity contribution < 1.29 is 31.9 Å². The standard InChI is InChI=1S/C24H23FN4O6S2/c1-29(37(2,32)33)17-10-18-16(21(23(30)31)22(35-18)14-5-7-15(25)8-6-14)9-19(17)34-12-20-27-24(36-28-20)26-11-13-3-4-13/h5-10,13H,3-4,11-12H2,1-2H3,(H,30,31)(H,26,27,28). The number of aromatic nitrogens is 2. The van der Waals surface area contributed by atoms with E-state index in [-0.39, 0.29) is 40.3 Å². The van der Waals surface area contributed by atoms with Crippen LogP contribution >= 0.6 is 11.5 Å². The zero-order chi connectivity index (χ0) is 26.3. The summed E-state index contributed by atoms with van der Waals surface area (Å²) in [5.74, 6) is -0.555. The fourth-order valence-electron chi connectivity index (χ4n) is 3.75. The predicted octanol–water partition coefficient (Wildman–Crippen LogP) is 4.59. The van der Waals surface area contributed by atoms with Crippen LogP contribution in [0.1, 0.15) is 29.0 Å². The van der Waals surface area contributed by atoms with Gasteiger partial charge in [-0.05, 0) is 49.1 Å². The predicted molar refractivity (Wildman–Crippen MR) is 137 cm³/mol. The Morgan fingerprint density at radius 2 is 2.03 bits per heavy atom. The molecule has 0 unspecified atom stereocenters. The summed E-state index contributed by atoms with van der Waals surface area (Å²) < 4.78 is 55.2. The van der Waals surface area contributed by atoms with Gasteiger partial charge in [-0.3, -0.25) is 4.31 Å². The molecule has 4 aromatic rings. The van der Waals surface area contributed by atoms with Gasteiger partial charge in [-0.2, -0.15) is 9.36 Å². The van der Waals surface area contributed by atoms with Gasteiger partial charge in [0, 0.05) is 42.1 Å². The van der Waals surface area contributed by atoms with Gasteiger partial charge in [0.25, 0.3) is 0 Å². The number of furan rings is 1. The maximum Gasteiger partial charge on any atom is 0.340 e. The van der Waals surface area contributed by atoms with Crippen molar-refractivity contribution >= 4 is 49.3 Å². The molecule has 0 spiro atoms. The average Bonchev–Trinajstić information content (AvgIpc) is 3.44. The fraction of sp³-hybridized carbons (Fsp3) is 0.292. The zero-order valence-corrected chi connectivity index (χ0v) is 21.5. The molecule has 1 saturated carbocycles. The van der Waals surface area contributed by atoms with E-state index < -0.39 is 21.8 Å². The van der Waals surface area contributed by atoms with Crippen molar-refractivity contribution in [1.29, 1.82) is 0 Å². The summed E-state index contributed by atoms with van der Waals surface area (Å²) in [5, 5.41) is 14.1. The minimum Gasteiger partial charge on any atom is -0.483 e. The minimum atomic E-state index is -3.70. The molecule has 2 heterocycles. The molecule has 1 aliphatic rings. The van der Waals surface area contributed by atoms with E-state index >= 15 is 0 Å². The molecular formula is C24H23FN4O6S2. The van der Waals surface area contributed by atoms with Crippen LogP contribution in [0.15, 0.2) is 40.8 Å². The van der Waals surface area contributed by atoms with E-state index in [9.17, 15) is 22.7 Å². The Balaban J connectivity index is 1.54. The number of sulfonamides is 1. The van der Waals surface area contributed by atoms with Crippen LogP contribution in [0.5, 0.6) is 5.75 Å². The Hall–Kier alpha value is -3.71. The molecule has 1 aliphatic carbocycles. The summed E-state index contributed by atoms with van der Waals surface area (Å²) in [6.45, 7) is 0.771. The summed E-state index contributed by atoms with van der Waals surface area (Å²) in [4.78, 5) is 16.6. The fourth-order valence-corrected chi connectivity index (χ4v) is 4.83. The van der Waals surface area contributed by atoms with Crippen LogP contribution < -0.4 is 14.4 Å². The highest BCUT2D eigenvalue weighted by Gasteiger charge is 2.26. The monoisotopic (exact) mass is 546 g/mol. The largest absolute Gasteiger partial charge is 0.483 e. The van der Waals surface area contributed by atoms with E-state index in [0.29, 0.717) is 22.4 Å². The highest BCUT2D eigenvalue weighted by atomic mass is 32.2. The second-order valence-electron chi connectivity index (χ2n) is 8.79. The number of carbonyl (C=O) groups is 1. The van der Waals surface area contributed by atoms with Crippen LogP contribution in [0.4, 0.5) is 15.2 Å². The molecule has 0 amide bonds. The van der Waals surface area contributed by atoms with Gasteiger partial charge in [0.1, 0.15) is 35.1 Å². The van der Waals surface area contributed by atoms with Crippen molar-refractivity contribution in [3.05, 3.63) is 53.6 Å². The maximum atomic E-state index is 13.4. The number of hydrogen-bond donors (Lipinski definition) is 2. The van der Waals surface area contributed by atoms with Crippen molar-refractivity contribution in [1.82, 2.24) is 9.36 Å². The van der Waals surface area contributed by atoms with Gasteiger partial charge >= 0.3 is 5.97 Å². The number of aromatic carboxylic acids is 1. The number of fused-ring (bicyclic) bond motifs is 1. The molecule has 0 bridgehead atoms. The SMILES string of the molecule is CN(c1cc2oc(-c3ccc(F)cc3)c(C(=O)O)c2cc1OCc1nsc(NCC2CC2)n1)S(C)(=O)=O. The molecule has 194 valence electrons. The average molecular weight is 547 g/mol. The van der Waals surface area contributed by atoms with E-state index in [1.165, 1.54) is 67.8 Å². The summed E-state index contributed by atoms with van der Waals surface area (Å²) in [5.41, 5.74) is 0.480. The molecule has 0 atom stereocenters. The number of hydrogen-bond acceptors (Lipinski definition) is 9. The summed E-state index contributed by atoms with van der Waals surface area (Å²) in [6.07, 6.45) is 3.45. The van der Waals surface area contributed by atoms with Crippen molar-refractivity contribution in [3.63, 3.8) is 0 Å². The van der Waals surface area contributed by atoms with Gasteiger partial charge in [-0.25, -0.2) is 17.6 Å². The van der Waals surface area contributed by atoms with Crippen LogP contribution in [-0.2, 0) is 16.6 Å². The minimum absolute atomic E-state index is 0.0140. The van der Waals surface area contributed by atoms with E-state index in [4.69, 9.17) is 9.15 Å². The number of nitrogens with zero attached hydrogens (tertiary/aromatic N) is 3. The van der Waals surface area contributed by atoms with Crippen LogP contribution in [-0.4, -0.2) is 48.7 Å². The van der Waals surface area contributed by atoms with E-state index in [1.54, 1.807) is 0 Å². The molecule has 0 saturated heterocycles. The first kappa shape index (κ1) is 25.0. The topological polar surface area (TPSA) is 135 Å². The first-order chi connectivity index (χ1) is 17.6. The highest BCUT2D eigenvalue weighted by Crippen LogP contribution is 2.41. The third-order valence-electron chi connectivity index (χ3n) is 5.99. The molecule has 1 fully saturated rings. The molecule has 5 rings (SSSR count). The molecule has 0 radical (unpaired) electrons. The first-order valence-corrected chi connectivity index (χ1v) is 13.9. The number of carboxylic acid groups (broad SMARTS) is 1. The third kappa shape index (κ3) is 5.37. The van der Waals surface area contributed by atoms with E-state index in [2.05, 4.69) is 14.7 Å². The molecule has 13 heteroatoms. The molecule has 0 aliphatic heterocycles. The third-order valence-corrected chi connectivity index (χ3v) is 7.89.